The number of nitrogens with one attached hydrogen (secondary N) is 2. The molecule has 1 aliphatic rings. The summed E-state index contributed by atoms with van der Waals surface area (Å²) in [7, 11) is 0. The highest BCUT2D eigenvalue weighted by Crippen LogP contribution is 2.15. The maximum absolute atomic E-state index is 11.1. The second kappa shape index (κ2) is 5.62. The van der Waals surface area contributed by atoms with E-state index >= 15 is 0 Å². The normalized spacial score (nSPS) is 18.2. The average molecular weight is 282 g/mol. The van der Waals surface area contributed by atoms with E-state index in [1.807, 2.05) is 43.3 Å². The maximum atomic E-state index is 11.1. The lowest BCUT2D eigenvalue weighted by Crippen LogP contribution is -2.48. The summed E-state index contributed by atoms with van der Waals surface area (Å²) in [5, 5.41) is 6.84. The number of hydrogen-bond donors (Lipinski definition) is 2. The van der Waals surface area contributed by atoms with Gasteiger partial charge in [0.2, 0.25) is 0 Å². The Morgan fingerprint density at radius 2 is 2.10 bits per heavy atom. The van der Waals surface area contributed by atoms with Gasteiger partial charge in [-0.25, -0.2) is 10.2 Å². The molecule has 1 atom stereocenters. The van der Waals surface area contributed by atoms with Gasteiger partial charge in [-0.3, -0.25) is 4.99 Å². The Labute approximate surface area is 121 Å². The smallest absolute Gasteiger partial charge is 0.335 e. The number of hydrogen-bond acceptors (Lipinski definition) is 4. The van der Waals surface area contributed by atoms with Crippen molar-refractivity contribution in [3.8, 4) is 0 Å². The van der Waals surface area contributed by atoms with Crippen LogP contribution in [0.1, 0.15) is 18.2 Å². The van der Waals surface area contributed by atoms with Gasteiger partial charge in [-0.1, -0.05) is 12.1 Å². The summed E-state index contributed by atoms with van der Waals surface area (Å²) in [6, 6.07) is 10.9. The lowest BCUT2D eigenvalue weighted by Gasteiger charge is -2.21. The molecule has 1 aliphatic heterocycles. The Morgan fingerprint density at radius 3 is 2.76 bits per heavy atom. The molecule has 6 nitrogen and oxygen atoms in total. The van der Waals surface area contributed by atoms with Crippen molar-refractivity contribution in [3.05, 3.63) is 54.0 Å². The zero-order valence-corrected chi connectivity index (χ0v) is 11.4. The first-order chi connectivity index (χ1) is 10.2. The van der Waals surface area contributed by atoms with Crippen molar-refractivity contribution in [1.29, 1.82) is 0 Å². The van der Waals surface area contributed by atoms with Gasteiger partial charge in [-0.15, -0.1) is 0 Å². The second-order valence-electron chi connectivity index (χ2n) is 4.62. The Kier molecular flexibility index (Phi) is 3.51. The molecule has 0 spiro atoms. The molecule has 2 N–H and O–H groups in total. The van der Waals surface area contributed by atoms with E-state index in [9.17, 15) is 4.79 Å². The number of rotatable bonds is 3. The van der Waals surface area contributed by atoms with Gasteiger partial charge in [0.15, 0.2) is 0 Å². The summed E-state index contributed by atoms with van der Waals surface area (Å²) < 4.78 is 5.18. The van der Waals surface area contributed by atoms with Gasteiger partial charge in [0.1, 0.15) is 5.76 Å². The maximum Gasteiger partial charge on any atom is 0.335 e. The Balaban J connectivity index is 1.77. The first-order valence-corrected chi connectivity index (χ1v) is 6.54. The fourth-order valence-electron chi connectivity index (χ4n) is 2.04. The molecule has 6 heteroatoms. The summed E-state index contributed by atoms with van der Waals surface area (Å²) in [6.45, 7) is 1.89. The third-order valence-electron chi connectivity index (χ3n) is 3.08. The van der Waals surface area contributed by atoms with Crippen LogP contribution in [0.15, 0.2) is 57.2 Å². The van der Waals surface area contributed by atoms with Crippen LogP contribution in [0.25, 0.3) is 0 Å². The Hall–Kier alpha value is -2.89. The third kappa shape index (κ3) is 3.00. The summed E-state index contributed by atoms with van der Waals surface area (Å²) in [6.07, 6.45) is 3.27. The first-order valence-electron chi connectivity index (χ1n) is 6.54. The van der Waals surface area contributed by atoms with Crippen molar-refractivity contribution >= 4 is 23.6 Å². The SMILES string of the molecule is CC1NC(=O)NN=C1c1ccc(/N=C/c2ccco2)cc1. The van der Waals surface area contributed by atoms with Gasteiger partial charge in [0.25, 0.3) is 0 Å². The fourth-order valence-corrected chi connectivity index (χ4v) is 2.04. The molecule has 0 aliphatic carbocycles. The number of urea groups is 1. The number of benzene rings is 1. The zero-order chi connectivity index (χ0) is 14.7. The molecule has 1 aromatic carbocycles. The van der Waals surface area contributed by atoms with Gasteiger partial charge in [-0.2, -0.15) is 5.10 Å². The molecule has 0 saturated carbocycles. The number of carbonyl (C=O) groups is 1. The van der Waals surface area contributed by atoms with Crippen molar-refractivity contribution in [3.63, 3.8) is 0 Å². The highest BCUT2D eigenvalue weighted by molar-refractivity contribution is 6.07. The summed E-state index contributed by atoms with van der Waals surface area (Å²) >= 11 is 0. The van der Waals surface area contributed by atoms with Gasteiger partial charge in [0.05, 0.1) is 29.9 Å². The molecule has 2 heterocycles. The van der Waals surface area contributed by atoms with Crippen LogP contribution in [0.5, 0.6) is 0 Å². The predicted octanol–water partition coefficient (Wildman–Crippen LogP) is 2.44. The number of carbonyl (C=O) groups excluding carboxylic acids is 1. The van der Waals surface area contributed by atoms with E-state index in [2.05, 4.69) is 20.8 Å². The Bertz CT molecular complexity index is 687. The van der Waals surface area contributed by atoms with Crippen LogP contribution in [0.2, 0.25) is 0 Å². The van der Waals surface area contributed by atoms with Crippen molar-refractivity contribution in [1.82, 2.24) is 10.7 Å². The fraction of sp³-hybridized carbons (Fsp3) is 0.133. The van der Waals surface area contributed by atoms with E-state index < -0.39 is 0 Å². The minimum atomic E-state index is -0.286. The van der Waals surface area contributed by atoms with E-state index in [-0.39, 0.29) is 12.1 Å². The van der Waals surface area contributed by atoms with Crippen LogP contribution in [-0.2, 0) is 0 Å². The van der Waals surface area contributed by atoms with E-state index in [0.717, 1.165) is 17.0 Å². The standard InChI is InChI=1S/C15H14N4O2/c1-10-14(18-19-15(20)17-10)11-4-6-12(7-5-11)16-9-13-3-2-8-21-13/h2-10H,1H3,(H2,17,19,20)/b16-9+. The van der Waals surface area contributed by atoms with E-state index in [1.165, 1.54) is 0 Å². The van der Waals surface area contributed by atoms with Crippen LogP contribution in [0.4, 0.5) is 10.5 Å². The largest absolute Gasteiger partial charge is 0.463 e. The minimum Gasteiger partial charge on any atom is -0.463 e. The van der Waals surface area contributed by atoms with E-state index in [1.54, 1.807) is 12.5 Å². The van der Waals surface area contributed by atoms with Gasteiger partial charge >= 0.3 is 6.03 Å². The van der Waals surface area contributed by atoms with Crippen molar-refractivity contribution in [2.45, 2.75) is 13.0 Å². The lowest BCUT2D eigenvalue weighted by molar-refractivity contribution is 0.239. The van der Waals surface area contributed by atoms with Crippen LogP contribution in [0.3, 0.4) is 0 Å². The van der Waals surface area contributed by atoms with Gasteiger partial charge in [0, 0.05) is 5.56 Å². The molecule has 2 aromatic rings. The molecular weight excluding hydrogens is 268 g/mol. The molecule has 106 valence electrons. The topological polar surface area (TPSA) is 79.0 Å². The lowest BCUT2D eigenvalue weighted by atomic mass is 10.0. The molecule has 0 saturated heterocycles. The molecule has 1 unspecified atom stereocenters. The molecule has 1 aromatic heterocycles. The molecule has 0 radical (unpaired) electrons. The monoisotopic (exact) mass is 282 g/mol. The number of nitrogens with zero attached hydrogens (tertiary/aromatic N) is 2. The number of hydrazone groups is 1. The van der Waals surface area contributed by atoms with E-state index in [4.69, 9.17) is 4.42 Å². The van der Waals surface area contributed by atoms with Crippen molar-refractivity contribution in [2.75, 3.05) is 0 Å². The van der Waals surface area contributed by atoms with Crippen molar-refractivity contribution < 1.29 is 9.21 Å². The second-order valence-corrected chi connectivity index (χ2v) is 4.62. The third-order valence-corrected chi connectivity index (χ3v) is 3.08. The molecular formula is C15H14N4O2. The van der Waals surface area contributed by atoms with Gasteiger partial charge < -0.3 is 9.73 Å². The quantitative estimate of drug-likeness (QED) is 0.848. The number of furan rings is 1. The Morgan fingerprint density at radius 1 is 1.29 bits per heavy atom. The highest BCUT2D eigenvalue weighted by Gasteiger charge is 2.19. The van der Waals surface area contributed by atoms with E-state index in [0.29, 0.717) is 5.76 Å². The van der Waals surface area contributed by atoms with Crippen LogP contribution in [0, 0.1) is 0 Å². The summed E-state index contributed by atoms with van der Waals surface area (Å²) in [4.78, 5) is 15.5. The summed E-state index contributed by atoms with van der Waals surface area (Å²) in [5.74, 6) is 0.705. The first kappa shape index (κ1) is 13.1. The molecule has 0 fully saturated rings. The number of aliphatic imine (C=N–C) groups is 1. The van der Waals surface area contributed by atoms with Crippen LogP contribution < -0.4 is 10.7 Å². The van der Waals surface area contributed by atoms with Crippen LogP contribution in [-0.4, -0.2) is 24.0 Å². The predicted molar refractivity (Wildman–Crippen MR) is 80.1 cm³/mol. The van der Waals surface area contributed by atoms with Gasteiger partial charge in [-0.05, 0) is 31.2 Å². The molecule has 21 heavy (non-hydrogen) atoms. The zero-order valence-electron chi connectivity index (χ0n) is 11.4. The number of amides is 2. The average Bonchev–Trinajstić information content (AvgIpc) is 2.99. The summed E-state index contributed by atoms with van der Waals surface area (Å²) in [5.41, 5.74) is 4.96. The van der Waals surface area contributed by atoms with Crippen molar-refractivity contribution in [2.24, 2.45) is 10.1 Å². The highest BCUT2D eigenvalue weighted by atomic mass is 16.3. The minimum absolute atomic E-state index is 0.128. The molecule has 3 rings (SSSR count). The molecule has 2 amide bonds. The van der Waals surface area contributed by atoms with Crippen LogP contribution >= 0.6 is 0 Å². The molecule has 0 bridgehead atoms.